The van der Waals surface area contributed by atoms with Gasteiger partial charge in [-0.15, -0.1) is 0 Å². The van der Waals surface area contributed by atoms with Crippen molar-refractivity contribution in [3.63, 3.8) is 0 Å². The van der Waals surface area contributed by atoms with Crippen molar-refractivity contribution in [2.75, 3.05) is 6.54 Å². The van der Waals surface area contributed by atoms with E-state index in [1.165, 1.54) is 12.2 Å². The van der Waals surface area contributed by atoms with Gasteiger partial charge in [0.25, 0.3) is 0 Å². The maximum atomic E-state index is 12.6. The first-order valence-electron chi connectivity index (χ1n) is 3.65. The second-order valence-electron chi connectivity index (χ2n) is 2.83. The molecule has 0 aromatic rings. The minimum atomic E-state index is -0.214. The smallest absolute Gasteiger partial charge is 0.130 e. The highest BCUT2D eigenvalue weighted by molar-refractivity contribution is 5.96. The molecule has 0 aliphatic carbocycles. The molecule has 0 N–H and O–H groups in total. The maximum absolute atomic E-state index is 12.6. The molecular weight excluding hydrogens is 143 g/mol. The molecule has 0 saturated carbocycles. The van der Waals surface area contributed by atoms with Gasteiger partial charge >= 0.3 is 0 Å². The van der Waals surface area contributed by atoms with Gasteiger partial charge in [0.15, 0.2) is 0 Å². The van der Waals surface area contributed by atoms with Crippen molar-refractivity contribution in [3.8, 4) is 0 Å². The van der Waals surface area contributed by atoms with Gasteiger partial charge in [0, 0.05) is 18.8 Å². The van der Waals surface area contributed by atoms with Gasteiger partial charge in [-0.05, 0) is 13.0 Å². The Balaban J connectivity index is 2.31. The van der Waals surface area contributed by atoms with Gasteiger partial charge in [0.05, 0.1) is 6.04 Å². The molecule has 0 unspecified atom stereocenters. The van der Waals surface area contributed by atoms with Gasteiger partial charge in [-0.3, -0.25) is 4.99 Å². The predicted octanol–water partition coefficient (Wildman–Crippen LogP) is 1.47. The molecule has 3 heteroatoms. The van der Waals surface area contributed by atoms with Crippen LogP contribution in [0, 0.1) is 0 Å². The minimum Gasteiger partial charge on any atom is -0.331 e. The summed E-state index contributed by atoms with van der Waals surface area (Å²) in [5.74, 6) is 0.534. The molecule has 11 heavy (non-hydrogen) atoms. The molecule has 2 rings (SSSR count). The van der Waals surface area contributed by atoms with E-state index in [1.54, 1.807) is 6.20 Å². The monoisotopic (exact) mass is 152 g/mol. The molecule has 2 aliphatic rings. The van der Waals surface area contributed by atoms with Crippen molar-refractivity contribution < 1.29 is 4.39 Å². The Morgan fingerprint density at radius 3 is 3.36 bits per heavy atom. The lowest BCUT2D eigenvalue weighted by molar-refractivity contribution is 0.548. The molecule has 58 valence electrons. The molecule has 1 atom stereocenters. The van der Waals surface area contributed by atoms with E-state index in [0.29, 0.717) is 0 Å². The highest BCUT2D eigenvalue weighted by Gasteiger charge is 2.20. The van der Waals surface area contributed by atoms with Gasteiger partial charge in [-0.1, -0.05) is 0 Å². The number of hydrogen-bond donors (Lipinski definition) is 0. The van der Waals surface area contributed by atoms with Gasteiger partial charge in [0.1, 0.15) is 11.7 Å². The Kier molecular flexibility index (Phi) is 1.31. The lowest BCUT2D eigenvalue weighted by atomic mass is 10.3. The highest BCUT2D eigenvalue weighted by atomic mass is 19.1. The van der Waals surface area contributed by atoms with Crippen molar-refractivity contribution in [1.29, 1.82) is 0 Å². The first-order valence-corrected chi connectivity index (χ1v) is 3.65. The third-order valence-electron chi connectivity index (χ3n) is 1.79. The van der Waals surface area contributed by atoms with E-state index in [-0.39, 0.29) is 11.9 Å². The normalized spacial score (nSPS) is 28.2. The zero-order valence-electron chi connectivity index (χ0n) is 6.29. The zero-order valence-corrected chi connectivity index (χ0v) is 6.29. The van der Waals surface area contributed by atoms with E-state index in [0.717, 1.165) is 12.4 Å². The standard InChI is InChI=1S/C8H9FN2/c1-6-5-11-3-2-7(9)4-8(11)10-6/h2-4,6H,5H2,1H3/t6-/m1/s1. The fraction of sp³-hybridized carbons (Fsp3) is 0.375. The third-order valence-corrected chi connectivity index (χ3v) is 1.79. The average molecular weight is 152 g/mol. The van der Waals surface area contributed by atoms with Crippen LogP contribution in [0.3, 0.4) is 0 Å². The predicted molar refractivity (Wildman–Crippen MR) is 41.9 cm³/mol. The molecule has 2 nitrogen and oxygen atoms in total. The lowest BCUT2D eigenvalue weighted by Gasteiger charge is -2.15. The second kappa shape index (κ2) is 2.19. The summed E-state index contributed by atoms with van der Waals surface area (Å²) in [7, 11) is 0. The molecular formula is C8H9FN2. The van der Waals surface area contributed by atoms with Crippen LogP contribution in [0.1, 0.15) is 6.92 Å². The fourth-order valence-corrected chi connectivity index (χ4v) is 1.31. The fourth-order valence-electron chi connectivity index (χ4n) is 1.31. The molecule has 0 aromatic carbocycles. The number of aliphatic imine (C=N–C) groups is 1. The van der Waals surface area contributed by atoms with Crippen molar-refractivity contribution in [2.45, 2.75) is 13.0 Å². The molecule has 2 heterocycles. The largest absolute Gasteiger partial charge is 0.331 e. The summed E-state index contributed by atoms with van der Waals surface area (Å²) in [5.41, 5.74) is 0. The van der Waals surface area contributed by atoms with Gasteiger partial charge < -0.3 is 4.90 Å². The number of fused-ring (bicyclic) bond motifs is 1. The lowest BCUT2D eigenvalue weighted by Crippen LogP contribution is -2.23. The first kappa shape index (κ1) is 6.58. The number of halogens is 1. The van der Waals surface area contributed by atoms with E-state index < -0.39 is 0 Å². The maximum Gasteiger partial charge on any atom is 0.130 e. The Hall–Kier alpha value is -1.12. The molecule has 0 amide bonds. The SMILES string of the molecule is C[C@@H]1CN2C=CC(F)=CC2=N1. The minimum absolute atomic E-state index is 0.214. The van der Waals surface area contributed by atoms with Crippen LogP contribution in [0.15, 0.2) is 29.2 Å². The van der Waals surface area contributed by atoms with Crippen LogP contribution in [0.4, 0.5) is 4.39 Å². The van der Waals surface area contributed by atoms with Crippen molar-refractivity contribution >= 4 is 5.84 Å². The van der Waals surface area contributed by atoms with E-state index in [4.69, 9.17) is 0 Å². The summed E-state index contributed by atoms with van der Waals surface area (Å²) < 4.78 is 12.6. The number of allylic oxidation sites excluding steroid dienone is 2. The van der Waals surface area contributed by atoms with E-state index >= 15 is 0 Å². The second-order valence-corrected chi connectivity index (χ2v) is 2.83. The summed E-state index contributed by atoms with van der Waals surface area (Å²) in [6.45, 7) is 2.89. The first-order chi connectivity index (χ1) is 5.25. The van der Waals surface area contributed by atoms with Gasteiger partial charge in [-0.2, -0.15) is 0 Å². The third kappa shape index (κ3) is 1.06. The summed E-state index contributed by atoms with van der Waals surface area (Å²) in [6, 6.07) is 0.289. The van der Waals surface area contributed by atoms with E-state index in [1.807, 2.05) is 11.8 Å². The van der Waals surface area contributed by atoms with Crippen LogP contribution >= 0.6 is 0 Å². The van der Waals surface area contributed by atoms with E-state index in [2.05, 4.69) is 4.99 Å². The molecule has 0 fully saturated rings. The van der Waals surface area contributed by atoms with Crippen molar-refractivity contribution in [1.82, 2.24) is 4.90 Å². The van der Waals surface area contributed by atoms with Crippen molar-refractivity contribution in [2.24, 2.45) is 4.99 Å². The van der Waals surface area contributed by atoms with Gasteiger partial charge in [0.2, 0.25) is 0 Å². The van der Waals surface area contributed by atoms with Crippen LogP contribution in [-0.4, -0.2) is 23.3 Å². The Morgan fingerprint density at radius 2 is 2.55 bits per heavy atom. The average Bonchev–Trinajstić information content (AvgIpc) is 2.27. The molecule has 0 aromatic heterocycles. The van der Waals surface area contributed by atoms with E-state index in [9.17, 15) is 4.39 Å². The number of nitrogens with zero attached hydrogens (tertiary/aromatic N) is 2. The molecule has 0 radical (unpaired) electrons. The topological polar surface area (TPSA) is 15.6 Å². The van der Waals surface area contributed by atoms with Crippen molar-refractivity contribution in [3.05, 3.63) is 24.2 Å². The Bertz CT molecular complexity index is 265. The van der Waals surface area contributed by atoms with Gasteiger partial charge in [-0.25, -0.2) is 4.39 Å². The van der Waals surface area contributed by atoms with Crippen LogP contribution in [-0.2, 0) is 0 Å². The summed E-state index contributed by atoms with van der Waals surface area (Å²) in [4.78, 5) is 6.19. The Morgan fingerprint density at radius 1 is 1.73 bits per heavy atom. The summed E-state index contributed by atoms with van der Waals surface area (Å²) in [6.07, 6.45) is 4.65. The quantitative estimate of drug-likeness (QED) is 0.513. The molecule has 0 saturated heterocycles. The Labute approximate surface area is 64.7 Å². The van der Waals surface area contributed by atoms with Crippen LogP contribution in [0.5, 0.6) is 0 Å². The number of rotatable bonds is 0. The zero-order chi connectivity index (χ0) is 7.84. The summed E-state index contributed by atoms with van der Waals surface area (Å²) >= 11 is 0. The highest BCUT2D eigenvalue weighted by Crippen LogP contribution is 2.16. The van der Waals surface area contributed by atoms with Crippen LogP contribution in [0.2, 0.25) is 0 Å². The number of hydrogen-bond acceptors (Lipinski definition) is 2. The molecule has 2 aliphatic heterocycles. The summed E-state index contributed by atoms with van der Waals surface area (Å²) in [5, 5.41) is 0. The molecule has 0 spiro atoms. The van der Waals surface area contributed by atoms with Crippen LogP contribution < -0.4 is 0 Å². The number of amidine groups is 1. The van der Waals surface area contributed by atoms with Crippen LogP contribution in [0.25, 0.3) is 0 Å². The molecule has 0 bridgehead atoms.